The molecule has 0 amide bonds. The predicted molar refractivity (Wildman–Crippen MR) is 147 cm³/mol. The van der Waals surface area contributed by atoms with Gasteiger partial charge in [0, 0.05) is 68.8 Å². The summed E-state index contributed by atoms with van der Waals surface area (Å²) in [5.41, 5.74) is 4.52. The van der Waals surface area contributed by atoms with E-state index in [0.29, 0.717) is 5.11 Å². The summed E-state index contributed by atoms with van der Waals surface area (Å²) < 4.78 is 0. The first-order valence-corrected chi connectivity index (χ1v) is 12.7. The minimum absolute atomic E-state index is 0.658. The number of fused-ring (bicyclic) bond motifs is 1. The summed E-state index contributed by atoms with van der Waals surface area (Å²) in [5, 5.41) is 8.46. The fourth-order valence-electron chi connectivity index (χ4n) is 4.50. The molecular weight excluding hydrogens is 442 g/mol. The molecule has 1 saturated heterocycles. The highest BCUT2D eigenvalue weighted by Crippen LogP contribution is 2.26. The van der Waals surface area contributed by atoms with E-state index in [1.54, 1.807) is 0 Å². The number of aromatic amines is 1. The highest BCUT2D eigenvalue weighted by Gasteiger charge is 2.19. The van der Waals surface area contributed by atoms with Crippen LogP contribution in [0.5, 0.6) is 0 Å². The van der Waals surface area contributed by atoms with Gasteiger partial charge in [-0.05, 0) is 74.2 Å². The molecule has 0 bridgehead atoms. The van der Waals surface area contributed by atoms with Crippen molar-refractivity contribution < 1.29 is 0 Å². The summed E-state index contributed by atoms with van der Waals surface area (Å²) in [7, 11) is 0. The third kappa shape index (κ3) is 6.25. The van der Waals surface area contributed by atoms with Crippen LogP contribution in [0, 0.1) is 6.92 Å². The molecule has 2 aromatic heterocycles. The molecule has 182 valence electrons. The van der Waals surface area contributed by atoms with Gasteiger partial charge in [0.05, 0.1) is 5.52 Å². The number of aryl methyl sites for hydroxylation is 1. The Bertz CT molecular complexity index is 1070. The number of H-pyrrole nitrogens is 1. The Balaban J connectivity index is 1.35. The summed E-state index contributed by atoms with van der Waals surface area (Å²) in [6.07, 6.45) is 1.99. The lowest BCUT2D eigenvalue weighted by atomic mass is 10.1. The Hall–Kier alpha value is -2.68. The summed E-state index contributed by atoms with van der Waals surface area (Å²) in [5.74, 6) is 1.07. The van der Waals surface area contributed by atoms with Crippen LogP contribution in [-0.2, 0) is 6.54 Å². The number of likely N-dealkylation sites (N-methyl/N-ethyl adjacent to an activating group) is 1. The van der Waals surface area contributed by atoms with Gasteiger partial charge in [-0.25, -0.2) is 4.98 Å². The molecule has 34 heavy (non-hydrogen) atoms. The van der Waals surface area contributed by atoms with Crippen LogP contribution >= 0.6 is 12.2 Å². The molecule has 3 N–H and O–H groups in total. The Labute approximate surface area is 208 Å². The Morgan fingerprint density at radius 1 is 1.12 bits per heavy atom. The van der Waals surface area contributed by atoms with Gasteiger partial charge in [0.15, 0.2) is 5.11 Å². The van der Waals surface area contributed by atoms with E-state index >= 15 is 0 Å². The van der Waals surface area contributed by atoms with Crippen LogP contribution in [0.15, 0.2) is 42.6 Å². The average molecular weight is 480 g/mol. The lowest BCUT2D eigenvalue weighted by Crippen LogP contribution is -2.46. The van der Waals surface area contributed by atoms with E-state index in [-0.39, 0.29) is 0 Å². The summed E-state index contributed by atoms with van der Waals surface area (Å²) in [6.45, 7) is 15.5. The van der Waals surface area contributed by atoms with Crippen molar-refractivity contribution in [2.24, 2.45) is 0 Å². The fraction of sp³-hybridized carbons (Fsp3) is 0.462. The molecule has 3 aromatic rings. The van der Waals surface area contributed by atoms with Crippen molar-refractivity contribution in [3.05, 3.63) is 53.9 Å². The van der Waals surface area contributed by atoms with Crippen molar-refractivity contribution in [3.63, 3.8) is 0 Å². The normalized spacial score (nSPS) is 14.6. The van der Waals surface area contributed by atoms with Crippen LogP contribution in [0.3, 0.4) is 0 Å². The first kappa shape index (κ1) is 24.4. The number of rotatable bonds is 9. The molecule has 0 unspecified atom stereocenters. The number of benzene rings is 1. The molecule has 1 aliphatic rings. The molecule has 1 aliphatic heterocycles. The van der Waals surface area contributed by atoms with Gasteiger partial charge in [-0.15, -0.1) is 0 Å². The van der Waals surface area contributed by atoms with E-state index in [9.17, 15) is 0 Å². The highest BCUT2D eigenvalue weighted by molar-refractivity contribution is 7.80. The van der Waals surface area contributed by atoms with Gasteiger partial charge in [-0.1, -0.05) is 13.8 Å². The van der Waals surface area contributed by atoms with Gasteiger partial charge in [0.2, 0.25) is 0 Å². The van der Waals surface area contributed by atoms with Gasteiger partial charge in [-0.2, -0.15) is 0 Å². The number of nitrogens with one attached hydrogen (secondary N) is 3. The van der Waals surface area contributed by atoms with Gasteiger partial charge in [0.25, 0.3) is 0 Å². The van der Waals surface area contributed by atoms with E-state index < -0.39 is 0 Å². The van der Waals surface area contributed by atoms with E-state index in [1.165, 1.54) is 11.3 Å². The minimum Gasteiger partial charge on any atom is -0.364 e. The maximum absolute atomic E-state index is 5.50. The summed E-state index contributed by atoms with van der Waals surface area (Å²) >= 11 is 5.50. The van der Waals surface area contributed by atoms with E-state index in [1.807, 2.05) is 6.20 Å². The molecule has 4 rings (SSSR count). The molecule has 0 radical (unpaired) electrons. The van der Waals surface area contributed by atoms with Gasteiger partial charge in [0.1, 0.15) is 5.82 Å². The first-order chi connectivity index (χ1) is 16.6. The molecule has 7 nitrogen and oxygen atoms in total. The molecule has 0 spiro atoms. The SMILES string of the molecule is CCN(CC)CCNC(=S)Nc1ccc2nc(N3CCN(Cc4ccc[nH]4)CC3)cc(C)c2c1. The Kier molecular flexibility index (Phi) is 8.37. The van der Waals surface area contributed by atoms with Crippen LogP contribution in [0.1, 0.15) is 25.1 Å². The number of nitrogens with zero attached hydrogens (tertiary/aromatic N) is 4. The van der Waals surface area contributed by atoms with Crippen LogP contribution < -0.4 is 15.5 Å². The standard InChI is InChI=1S/C26H37N7S/c1-4-31(5-2)12-11-28-26(34)29-21-8-9-24-23(18-21)20(3)17-25(30-24)33-15-13-32(14-16-33)19-22-7-6-10-27-22/h6-10,17-18,27H,4-5,11-16,19H2,1-3H3,(H2,28,29,34). The molecule has 8 heteroatoms. The second kappa shape index (κ2) is 11.6. The van der Waals surface area contributed by atoms with Crippen LogP contribution in [0.4, 0.5) is 11.5 Å². The minimum atomic E-state index is 0.658. The Morgan fingerprint density at radius 3 is 2.62 bits per heavy atom. The first-order valence-electron chi connectivity index (χ1n) is 12.3. The number of thiocarbonyl (C=S) groups is 1. The summed E-state index contributed by atoms with van der Waals surface area (Å²) in [4.78, 5) is 15.6. The maximum Gasteiger partial charge on any atom is 0.170 e. The lowest BCUT2D eigenvalue weighted by molar-refractivity contribution is 0.247. The maximum atomic E-state index is 5.50. The quantitative estimate of drug-likeness (QED) is 0.403. The van der Waals surface area contributed by atoms with Gasteiger partial charge < -0.3 is 25.4 Å². The van der Waals surface area contributed by atoms with Crippen molar-refractivity contribution in [3.8, 4) is 0 Å². The average Bonchev–Trinajstić information content (AvgIpc) is 3.36. The third-order valence-corrected chi connectivity index (χ3v) is 6.87. The lowest BCUT2D eigenvalue weighted by Gasteiger charge is -2.35. The van der Waals surface area contributed by atoms with Crippen LogP contribution in [-0.4, -0.2) is 77.2 Å². The number of hydrogen-bond acceptors (Lipinski definition) is 5. The van der Waals surface area contributed by atoms with Crippen molar-refractivity contribution >= 4 is 39.7 Å². The molecule has 1 fully saturated rings. The van der Waals surface area contributed by atoms with Crippen molar-refractivity contribution in [2.45, 2.75) is 27.3 Å². The molecule has 0 atom stereocenters. The van der Waals surface area contributed by atoms with E-state index in [0.717, 1.165) is 81.3 Å². The fourth-order valence-corrected chi connectivity index (χ4v) is 4.72. The summed E-state index contributed by atoms with van der Waals surface area (Å²) in [6, 6.07) is 12.7. The monoisotopic (exact) mass is 479 g/mol. The zero-order chi connectivity index (χ0) is 23.9. The van der Waals surface area contributed by atoms with E-state index in [4.69, 9.17) is 17.2 Å². The topological polar surface area (TPSA) is 62.5 Å². The Morgan fingerprint density at radius 2 is 1.91 bits per heavy atom. The molecule has 0 aliphatic carbocycles. The zero-order valence-electron chi connectivity index (χ0n) is 20.6. The van der Waals surface area contributed by atoms with Crippen LogP contribution in [0.25, 0.3) is 10.9 Å². The van der Waals surface area contributed by atoms with Crippen molar-refractivity contribution in [1.82, 2.24) is 25.1 Å². The molecule has 3 heterocycles. The van der Waals surface area contributed by atoms with Crippen LogP contribution in [0.2, 0.25) is 0 Å². The number of anilines is 2. The molecular formula is C26H37N7S. The number of hydrogen-bond donors (Lipinski definition) is 3. The molecule has 1 aromatic carbocycles. The number of piperazine rings is 1. The van der Waals surface area contributed by atoms with Crippen molar-refractivity contribution in [2.75, 3.05) is 62.6 Å². The van der Waals surface area contributed by atoms with E-state index in [2.05, 4.69) is 87.5 Å². The van der Waals surface area contributed by atoms with Gasteiger partial charge >= 0.3 is 0 Å². The number of aromatic nitrogens is 2. The smallest absolute Gasteiger partial charge is 0.170 e. The predicted octanol–water partition coefficient (Wildman–Crippen LogP) is 3.82. The molecule has 0 saturated carbocycles. The van der Waals surface area contributed by atoms with Gasteiger partial charge in [-0.3, -0.25) is 4.90 Å². The third-order valence-electron chi connectivity index (χ3n) is 6.62. The largest absolute Gasteiger partial charge is 0.364 e. The zero-order valence-corrected chi connectivity index (χ0v) is 21.4. The highest BCUT2D eigenvalue weighted by atomic mass is 32.1. The van der Waals surface area contributed by atoms with Crippen molar-refractivity contribution in [1.29, 1.82) is 0 Å². The second-order valence-electron chi connectivity index (χ2n) is 8.90. The second-order valence-corrected chi connectivity index (χ2v) is 9.30. The number of pyridine rings is 1.